The van der Waals surface area contributed by atoms with E-state index in [1.165, 1.54) is 0 Å². The Morgan fingerprint density at radius 2 is 1.20 bits per heavy atom. The predicted octanol–water partition coefficient (Wildman–Crippen LogP) is 2.63. The minimum Gasteiger partial charge on any atom is -0.463 e. The molecule has 0 aromatic carbocycles. The van der Waals surface area contributed by atoms with Crippen LogP contribution in [0, 0.1) is 0 Å². The minimum absolute atomic E-state index is 0.906. The molecule has 0 aromatic heterocycles. The van der Waals surface area contributed by atoms with E-state index in [0.29, 0.717) is 0 Å². The zero-order chi connectivity index (χ0) is 11.8. The molecule has 0 unspecified atom stereocenters. The topological polar surface area (TPSA) is 15.7 Å². The molecule has 0 atom stereocenters. The molecule has 0 spiro atoms. The number of rotatable bonds is 6. The number of nitrogens with zero attached hydrogens (tertiary/aromatic N) is 2. The molecule has 0 fully saturated rings. The van der Waals surface area contributed by atoms with E-state index in [1.807, 2.05) is 50.4 Å². The van der Waals surface area contributed by atoms with Crippen LogP contribution in [0.4, 0.5) is 0 Å². The monoisotopic (exact) mass is 212 g/mol. The van der Waals surface area contributed by atoms with Crippen LogP contribution in [-0.4, -0.2) is 38.0 Å². The van der Waals surface area contributed by atoms with Crippen LogP contribution in [0.25, 0.3) is 0 Å². The lowest BCUT2D eigenvalue weighted by Crippen LogP contribution is -2.07. The quantitative estimate of drug-likeness (QED) is 0.629. The van der Waals surface area contributed by atoms with Gasteiger partial charge in [-0.25, -0.2) is 0 Å². The minimum atomic E-state index is 0.906. The molecule has 0 radical (unpaired) electrons. The number of hydrogen-bond donors (Lipinski definition) is 0. The fourth-order valence-corrected chi connectivity index (χ4v) is 1.12. The first-order valence-electron chi connectivity index (χ1n) is 5.41. The average Bonchev–Trinajstić information content (AvgIpc) is 2.14. The van der Waals surface area contributed by atoms with E-state index in [1.54, 1.807) is 0 Å². The summed E-state index contributed by atoms with van der Waals surface area (Å²) < 4.78 is 5.81. The van der Waals surface area contributed by atoms with E-state index < -0.39 is 0 Å². The maximum atomic E-state index is 5.81. The first-order chi connectivity index (χ1) is 6.99. The molecule has 0 saturated heterocycles. The van der Waals surface area contributed by atoms with Gasteiger partial charge in [-0.15, -0.1) is 0 Å². The summed E-state index contributed by atoms with van der Waals surface area (Å²) in [6.07, 6.45) is 5.84. The molecule has 0 saturated carbocycles. The van der Waals surface area contributed by atoms with Crippen LogP contribution in [0.2, 0.25) is 0 Å². The van der Waals surface area contributed by atoms with Crippen molar-refractivity contribution >= 4 is 0 Å². The van der Waals surface area contributed by atoms with E-state index in [0.717, 1.165) is 24.4 Å². The van der Waals surface area contributed by atoms with Gasteiger partial charge in [0.25, 0.3) is 0 Å². The Balaban J connectivity index is 4.51. The maximum absolute atomic E-state index is 5.81. The zero-order valence-electron chi connectivity index (χ0n) is 10.9. The molecule has 0 bridgehead atoms. The van der Waals surface area contributed by atoms with Gasteiger partial charge in [0.05, 0.1) is 0 Å². The Labute approximate surface area is 94.0 Å². The molecule has 0 aliphatic carbocycles. The van der Waals surface area contributed by atoms with Crippen LogP contribution < -0.4 is 0 Å². The van der Waals surface area contributed by atoms with Crippen LogP contribution in [0.1, 0.15) is 26.7 Å². The van der Waals surface area contributed by atoms with Crippen molar-refractivity contribution in [3.63, 3.8) is 0 Å². The van der Waals surface area contributed by atoms with Gasteiger partial charge < -0.3 is 14.5 Å². The Kier molecular flexibility index (Phi) is 6.67. The summed E-state index contributed by atoms with van der Waals surface area (Å²) in [6.45, 7) is 4.19. The highest BCUT2D eigenvalue weighted by atomic mass is 16.5. The Morgan fingerprint density at radius 3 is 1.40 bits per heavy atom. The fraction of sp³-hybridized carbons (Fsp3) is 0.667. The summed E-state index contributed by atoms with van der Waals surface area (Å²) in [7, 11) is 8.00. The molecule has 3 nitrogen and oxygen atoms in total. The van der Waals surface area contributed by atoms with Crippen molar-refractivity contribution in [3.05, 3.63) is 23.9 Å². The summed E-state index contributed by atoms with van der Waals surface area (Å²) in [6, 6.07) is 0. The summed E-state index contributed by atoms with van der Waals surface area (Å²) >= 11 is 0. The summed E-state index contributed by atoms with van der Waals surface area (Å²) in [5.41, 5.74) is 0. The molecule has 88 valence electrons. The molecular formula is C12H24N2O. The molecule has 0 heterocycles. The normalized spacial score (nSPS) is 12.7. The standard InChI is InChI=1S/C12H24N2O/c1-7-11(9-13(3)4)15-12(8-2)10-14(5)6/h9-10H,7-8H2,1-6H3. The van der Waals surface area contributed by atoms with Crippen LogP contribution >= 0.6 is 0 Å². The van der Waals surface area contributed by atoms with Crippen LogP contribution in [0.3, 0.4) is 0 Å². The first kappa shape index (κ1) is 13.9. The Bertz CT molecular complexity index is 206. The highest BCUT2D eigenvalue weighted by molar-refractivity contribution is 5.00. The molecule has 0 amide bonds. The van der Waals surface area contributed by atoms with Crippen molar-refractivity contribution in [1.82, 2.24) is 9.80 Å². The van der Waals surface area contributed by atoms with Crippen LogP contribution in [0.5, 0.6) is 0 Å². The van der Waals surface area contributed by atoms with Crippen molar-refractivity contribution < 1.29 is 4.74 Å². The third-order valence-electron chi connectivity index (χ3n) is 1.76. The molecule has 0 N–H and O–H groups in total. The first-order valence-corrected chi connectivity index (χ1v) is 5.41. The van der Waals surface area contributed by atoms with Crippen LogP contribution in [0.15, 0.2) is 23.9 Å². The van der Waals surface area contributed by atoms with Gasteiger partial charge in [0.15, 0.2) is 0 Å². The molecular weight excluding hydrogens is 188 g/mol. The second-order valence-electron chi connectivity index (χ2n) is 3.93. The van der Waals surface area contributed by atoms with Crippen molar-refractivity contribution in [2.45, 2.75) is 26.7 Å². The van der Waals surface area contributed by atoms with Crippen LogP contribution in [-0.2, 0) is 4.74 Å². The van der Waals surface area contributed by atoms with Crippen molar-refractivity contribution in [2.24, 2.45) is 0 Å². The zero-order valence-corrected chi connectivity index (χ0v) is 10.9. The number of allylic oxidation sites excluding steroid dienone is 2. The average molecular weight is 212 g/mol. The predicted molar refractivity (Wildman–Crippen MR) is 65.2 cm³/mol. The van der Waals surface area contributed by atoms with E-state index >= 15 is 0 Å². The third-order valence-corrected chi connectivity index (χ3v) is 1.76. The van der Waals surface area contributed by atoms with Gasteiger partial charge in [-0.3, -0.25) is 0 Å². The van der Waals surface area contributed by atoms with Gasteiger partial charge in [0.2, 0.25) is 0 Å². The molecule has 0 rings (SSSR count). The molecule has 15 heavy (non-hydrogen) atoms. The Hall–Kier alpha value is -1.12. The summed E-state index contributed by atoms with van der Waals surface area (Å²) in [5.74, 6) is 1.99. The molecule has 0 aliphatic rings. The lowest BCUT2D eigenvalue weighted by molar-refractivity contribution is 0.265. The second-order valence-corrected chi connectivity index (χ2v) is 3.93. The van der Waals surface area contributed by atoms with Gasteiger partial charge in [-0.1, -0.05) is 13.8 Å². The highest BCUT2D eigenvalue weighted by Crippen LogP contribution is 2.13. The number of ether oxygens (including phenoxy) is 1. The maximum Gasteiger partial charge on any atom is 0.119 e. The molecule has 3 heteroatoms. The van der Waals surface area contributed by atoms with E-state index in [4.69, 9.17) is 4.74 Å². The van der Waals surface area contributed by atoms with E-state index in [-0.39, 0.29) is 0 Å². The SMILES string of the molecule is CCC(=CN(C)C)OC(=CN(C)C)CC. The van der Waals surface area contributed by atoms with Crippen molar-refractivity contribution in [3.8, 4) is 0 Å². The van der Waals surface area contributed by atoms with E-state index in [9.17, 15) is 0 Å². The Morgan fingerprint density at radius 1 is 0.867 bits per heavy atom. The van der Waals surface area contributed by atoms with Gasteiger partial charge in [-0.05, 0) is 0 Å². The second kappa shape index (κ2) is 7.21. The lowest BCUT2D eigenvalue weighted by Gasteiger charge is -2.15. The fourth-order valence-electron chi connectivity index (χ4n) is 1.12. The van der Waals surface area contributed by atoms with Gasteiger partial charge in [0, 0.05) is 53.4 Å². The molecule has 0 aromatic rings. The van der Waals surface area contributed by atoms with Crippen molar-refractivity contribution in [2.75, 3.05) is 28.2 Å². The van der Waals surface area contributed by atoms with E-state index in [2.05, 4.69) is 13.8 Å². The largest absolute Gasteiger partial charge is 0.463 e. The summed E-state index contributed by atoms with van der Waals surface area (Å²) in [4.78, 5) is 4.00. The number of hydrogen-bond acceptors (Lipinski definition) is 3. The molecule has 0 aliphatic heterocycles. The highest BCUT2D eigenvalue weighted by Gasteiger charge is 2.01. The van der Waals surface area contributed by atoms with Gasteiger partial charge >= 0.3 is 0 Å². The third kappa shape index (κ3) is 6.89. The smallest absolute Gasteiger partial charge is 0.119 e. The lowest BCUT2D eigenvalue weighted by atomic mass is 10.3. The summed E-state index contributed by atoms with van der Waals surface area (Å²) in [5, 5.41) is 0. The van der Waals surface area contributed by atoms with Crippen molar-refractivity contribution in [1.29, 1.82) is 0 Å². The van der Waals surface area contributed by atoms with Gasteiger partial charge in [-0.2, -0.15) is 0 Å². The van der Waals surface area contributed by atoms with Gasteiger partial charge in [0.1, 0.15) is 11.5 Å².